The van der Waals surface area contributed by atoms with E-state index in [0.717, 1.165) is 18.4 Å². The van der Waals surface area contributed by atoms with Gasteiger partial charge in [0.15, 0.2) is 5.84 Å². The molecule has 0 spiro atoms. The maximum atomic E-state index is 12.5. The fourth-order valence-corrected chi connectivity index (χ4v) is 2.40. The molecule has 0 bridgehead atoms. The number of rotatable bonds is 8. The van der Waals surface area contributed by atoms with Crippen LogP contribution < -0.4 is 11.1 Å². The fourth-order valence-electron chi connectivity index (χ4n) is 2.40. The first-order valence-electron chi connectivity index (χ1n) is 6.84. The predicted molar refractivity (Wildman–Crippen MR) is 76.1 cm³/mol. The molecule has 0 atom stereocenters. The summed E-state index contributed by atoms with van der Waals surface area (Å²) in [5.41, 5.74) is 5.73. The van der Waals surface area contributed by atoms with E-state index in [-0.39, 0.29) is 11.7 Å². The number of amidine groups is 1. The highest BCUT2D eigenvalue weighted by Gasteiger charge is 2.41. The van der Waals surface area contributed by atoms with Gasteiger partial charge in [-0.05, 0) is 12.8 Å². The number of carbonyl (C=O) groups excluding carboxylic acids is 1. The molecule has 0 radical (unpaired) electrons. The number of hydrogen-bond acceptors (Lipinski definition) is 4. The number of oxime groups is 1. The van der Waals surface area contributed by atoms with Gasteiger partial charge in [0.2, 0.25) is 5.91 Å². The molecule has 7 nitrogen and oxygen atoms in total. The molecule has 1 heterocycles. The van der Waals surface area contributed by atoms with Gasteiger partial charge in [-0.15, -0.1) is 0 Å². The van der Waals surface area contributed by atoms with Crippen LogP contribution in [0.3, 0.4) is 0 Å². The van der Waals surface area contributed by atoms with E-state index >= 15 is 0 Å². The van der Waals surface area contributed by atoms with Crippen LogP contribution in [0.1, 0.15) is 45.1 Å². The molecule has 0 aliphatic heterocycles. The first kappa shape index (κ1) is 16.0. The van der Waals surface area contributed by atoms with Crippen molar-refractivity contribution in [1.29, 1.82) is 0 Å². The monoisotopic (exact) mass is 281 g/mol. The minimum absolute atomic E-state index is 0.0223. The van der Waals surface area contributed by atoms with Crippen molar-refractivity contribution in [3.63, 3.8) is 0 Å². The van der Waals surface area contributed by atoms with Crippen LogP contribution in [0.5, 0.6) is 0 Å². The van der Waals surface area contributed by atoms with E-state index in [1.807, 2.05) is 13.8 Å². The van der Waals surface area contributed by atoms with E-state index in [1.165, 1.54) is 0 Å². The summed E-state index contributed by atoms with van der Waals surface area (Å²) in [7, 11) is 0. The zero-order chi connectivity index (χ0) is 15.0. The quantitative estimate of drug-likeness (QED) is 0.249. The summed E-state index contributed by atoms with van der Waals surface area (Å²) in [4.78, 5) is 12.5. The highest BCUT2D eigenvalue weighted by molar-refractivity contribution is 6.06. The van der Waals surface area contributed by atoms with Crippen LogP contribution in [0.15, 0.2) is 17.5 Å². The van der Waals surface area contributed by atoms with Gasteiger partial charge in [-0.2, -0.15) is 5.10 Å². The number of aromatic amines is 1. The third-order valence-corrected chi connectivity index (χ3v) is 3.39. The lowest BCUT2D eigenvalue weighted by Gasteiger charge is -2.30. The molecule has 1 rings (SSSR count). The summed E-state index contributed by atoms with van der Waals surface area (Å²) in [5.74, 6) is -0.233. The summed E-state index contributed by atoms with van der Waals surface area (Å²) in [6, 6.07) is 0. The van der Waals surface area contributed by atoms with Crippen LogP contribution in [0, 0.1) is 5.41 Å². The van der Waals surface area contributed by atoms with Crippen LogP contribution in [0.25, 0.3) is 0 Å². The van der Waals surface area contributed by atoms with Gasteiger partial charge in [0.1, 0.15) is 5.41 Å². The van der Waals surface area contributed by atoms with E-state index in [1.54, 1.807) is 12.4 Å². The second kappa shape index (κ2) is 7.52. The summed E-state index contributed by atoms with van der Waals surface area (Å²) in [5, 5.41) is 21.4. The van der Waals surface area contributed by atoms with Crippen LogP contribution >= 0.6 is 0 Å². The summed E-state index contributed by atoms with van der Waals surface area (Å²) < 4.78 is 0. The van der Waals surface area contributed by atoms with Crippen molar-refractivity contribution in [2.45, 2.75) is 46.1 Å². The summed E-state index contributed by atoms with van der Waals surface area (Å²) >= 11 is 0. The number of H-pyrrole nitrogens is 1. The number of carbonyl (C=O) groups is 1. The lowest BCUT2D eigenvalue weighted by molar-refractivity contribution is -0.128. The summed E-state index contributed by atoms with van der Waals surface area (Å²) in [6.45, 7) is 4.31. The Hall–Kier alpha value is -2.05. The topological polar surface area (TPSA) is 116 Å². The Balaban J connectivity index is 2.87. The number of nitrogens with two attached hydrogens (primary N) is 1. The Morgan fingerprint density at radius 2 is 2.15 bits per heavy atom. The lowest BCUT2D eigenvalue weighted by atomic mass is 9.77. The minimum Gasteiger partial charge on any atom is -0.409 e. The molecule has 20 heavy (non-hydrogen) atoms. The SMILES string of the molecule is CCCC(CCC)(C(=O)NCc1cn[nH]c1)C(N)=NO. The molecule has 112 valence electrons. The normalized spacial score (nSPS) is 12.4. The van der Waals surface area contributed by atoms with Crippen molar-refractivity contribution in [3.8, 4) is 0 Å². The van der Waals surface area contributed by atoms with Gasteiger partial charge in [-0.25, -0.2) is 0 Å². The number of amides is 1. The number of nitrogens with zero attached hydrogens (tertiary/aromatic N) is 2. The van der Waals surface area contributed by atoms with Crippen molar-refractivity contribution in [2.24, 2.45) is 16.3 Å². The molecule has 1 aromatic rings. The lowest BCUT2D eigenvalue weighted by Crippen LogP contribution is -2.49. The van der Waals surface area contributed by atoms with Gasteiger partial charge >= 0.3 is 0 Å². The van der Waals surface area contributed by atoms with Crippen molar-refractivity contribution in [3.05, 3.63) is 18.0 Å². The number of aromatic nitrogens is 2. The Kier molecular flexibility index (Phi) is 6.02. The van der Waals surface area contributed by atoms with Crippen molar-refractivity contribution < 1.29 is 10.0 Å². The molecule has 5 N–H and O–H groups in total. The zero-order valence-corrected chi connectivity index (χ0v) is 12.0. The van der Waals surface area contributed by atoms with Crippen LogP contribution in [0.2, 0.25) is 0 Å². The molecule has 0 aromatic carbocycles. The van der Waals surface area contributed by atoms with Gasteiger partial charge in [0.05, 0.1) is 6.20 Å². The first-order chi connectivity index (χ1) is 9.60. The number of hydrogen-bond donors (Lipinski definition) is 4. The van der Waals surface area contributed by atoms with Gasteiger partial charge in [-0.3, -0.25) is 9.89 Å². The second-order valence-corrected chi connectivity index (χ2v) is 4.86. The van der Waals surface area contributed by atoms with E-state index in [2.05, 4.69) is 20.7 Å². The van der Waals surface area contributed by atoms with Crippen LogP contribution in [-0.4, -0.2) is 27.1 Å². The van der Waals surface area contributed by atoms with Crippen molar-refractivity contribution in [1.82, 2.24) is 15.5 Å². The fraction of sp³-hybridized carbons (Fsp3) is 0.615. The standard InChI is InChI=1S/C13H23N5O2/c1-3-5-13(6-4-2,11(14)18-20)12(19)15-7-10-8-16-17-9-10/h8-9,20H,3-7H2,1-2H3,(H2,14,18)(H,15,19)(H,16,17). The Morgan fingerprint density at radius 3 is 2.60 bits per heavy atom. The molecule has 0 saturated heterocycles. The molecule has 0 aliphatic carbocycles. The van der Waals surface area contributed by atoms with E-state index in [0.29, 0.717) is 19.4 Å². The van der Waals surface area contributed by atoms with Crippen LogP contribution in [-0.2, 0) is 11.3 Å². The molecular formula is C13H23N5O2. The zero-order valence-electron chi connectivity index (χ0n) is 12.0. The number of nitrogens with one attached hydrogen (secondary N) is 2. The van der Waals surface area contributed by atoms with E-state index < -0.39 is 5.41 Å². The van der Waals surface area contributed by atoms with E-state index in [4.69, 9.17) is 10.9 Å². The third-order valence-electron chi connectivity index (χ3n) is 3.39. The van der Waals surface area contributed by atoms with Gasteiger partial charge in [0.25, 0.3) is 0 Å². The molecule has 0 unspecified atom stereocenters. The Bertz CT molecular complexity index is 436. The molecule has 1 amide bonds. The molecule has 7 heteroatoms. The second-order valence-electron chi connectivity index (χ2n) is 4.86. The largest absolute Gasteiger partial charge is 0.409 e. The molecule has 0 saturated carbocycles. The maximum absolute atomic E-state index is 12.5. The average Bonchev–Trinajstić information content (AvgIpc) is 2.96. The molecule has 0 fully saturated rings. The van der Waals surface area contributed by atoms with Crippen molar-refractivity contribution >= 4 is 11.7 Å². The van der Waals surface area contributed by atoms with Gasteiger partial charge in [0, 0.05) is 18.3 Å². The Morgan fingerprint density at radius 1 is 1.50 bits per heavy atom. The third kappa shape index (κ3) is 3.49. The van der Waals surface area contributed by atoms with Crippen molar-refractivity contribution in [2.75, 3.05) is 0 Å². The highest BCUT2D eigenvalue weighted by atomic mass is 16.4. The minimum atomic E-state index is -0.942. The smallest absolute Gasteiger partial charge is 0.234 e. The van der Waals surface area contributed by atoms with Crippen LogP contribution in [0.4, 0.5) is 0 Å². The maximum Gasteiger partial charge on any atom is 0.234 e. The summed E-state index contributed by atoms with van der Waals surface area (Å²) in [6.07, 6.45) is 6.00. The van der Waals surface area contributed by atoms with E-state index in [9.17, 15) is 4.79 Å². The Labute approximate surface area is 118 Å². The average molecular weight is 281 g/mol. The van der Waals surface area contributed by atoms with Gasteiger partial charge in [-0.1, -0.05) is 31.8 Å². The molecular weight excluding hydrogens is 258 g/mol. The van der Waals surface area contributed by atoms with Gasteiger partial charge < -0.3 is 16.3 Å². The molecule has 1 aromatic heterocycles. The highest BCUT2D eigenvalue weighted by Crippen LogP contribution is 2.30. The molecule has 0 aliphatic rings. The first-order valence-corrected chi connectivity index (χ1v) is 6.84. The predicted octanol–water partition coefficient (Wildman–Crippen LogP) is 1.36.